The van der Waals surface area contributed by atoms with Crippen LogP contribution >= 0.6 is 0 Å². The van der Waals surface area contributed by atoms with Crippen LogP contribution in [0.2, 0.25) is 0 Å². The summed E-state index contributed by atoms with van der Waals surface area (Å²) in [5, 5.41) is 11.9. The van der Waals surface area contributed by atoms with Crippen LogP contribution in [0.25, 0.3) is 0 Å². The lowest BCUT2D eigenvalue weighted by atomic mass is 9.84. The number of rotatable bonds is 10. The topological polar surface area (TPSA) is 83.9 Å². The Kier molecular flexibility index (Phi) is 7.93. The Morgan fingerprint density at radius 2 is 1.80 bits per heavy atom. The van der Waals surface area contributed by atoms with E-state index in [2.05, 4.69) is 26.1 Å². The number of nitrogens with zero attached hydrogens (tertiary/aromatic N) is 1. The lowest BCUT2D eigenvalue weighted by molar-refractivity contribution is 0.0962. The summed E-state index contributed by atoms with van der Waals surface area (Å²) < 4.78 is 32.1. The van der Waals surface area contributed by atoms with E-state index in [1.54, 1.807) is 31.1 Å². The molecule has 0 aliphatic carbocycles. The third-order valence-electron chi connectivity index (χ3n) is 5.90. The molecule has 7 nitrogen and oxygen atoms in total. The van der Waals surface area contributed by atoms with E-state index in [-0.39, 0.29) is 48.0 Å². The van der Waals surface area contributed by atoms with Crippen molar-refractivity contribution in [3.63, 3.8) is 0 Å². The second-order valence-electron chi connectivity index (χ2n) is 9.43. The first-order valence-corrected chi connectivity index (χ1v) is 12.0. The molecule has 0 spiro atoms. The van der Waals surface area contributed by atoms with Gasteiger partial charge in [0, 0.05) is 24.2 Å². The number of halogens is 1. The number of amidine groups is 1. The van der Waals surface area contributed by atoms with Crippen molar-refractivity contribution >= 4 is 17.3 Å². The second-order valence-corrected chi connectivity index (χ2v) is 9.43. The minimum Gasteiger partial charge on any atom is -0.494 e. The van der Waals surface area contributed by atoms with Crippen molar-refractivity contribution < 1.29 is 23.4 Å². The van der Waals surface area contributed by atoms with E-state index in [9.17, 15) is 4.79 Å². The van der Waals surface area contributed by atoms with Crippen LogP contribution < -0.4 is 19.5 Å². The highest BCUT2D eigenvalue weighted by Crippen LogP contribution is 2.40. The van der Waals surface area contributed by atoms with E-state index >= 15 is 4.39 Å². The van der Waals surface area contributed by atoms with Crippen LogP contribution in [0.15, 0.2) is 18.2 Å². The van der Waals surface area contributed by atoms with Gasteiger partial charge in [-0.2, -0.15) is 0 Å². The van der Waals surface area contributed by atoms with Crippen LogP contribution in [0.5, 0.6) is 17.2 Å². The van der Waals surface area contributed by atoms with Crippen molar-refractivity contribution in [1.29, 1.82) is 5.41 Å². The second kappa shape index (κ2) is 10.5. The predicted octanol–water partition coefficient (Wildman–Crippen LogP) is 5.38. The standard InChI is InChI=1S/C27H36FN3O4/c1-8-30-19-12-16(11-18(24(19)33-7)27(4,5)6)20(32)15-31-14-17-13-21(34-9-2)25(35-10-3)23(28)22(17)26(31)29/h11-13,29-30H,8-10,14-15H2,1-7H3. The van der Waals surface area contributed by atoms with Crippen LogP contribution in [0.3, 0.4) is 0 Å². The van der Waals surface area contributed by atoms with Crippen molar-refractivity contribution in [3.05, 3.63) is 46.3 Å². The van der Waals surface area contributed by atoms with Gasteiger partial charge in [0.2, 0.25) is 0 Å². The van der Waals surface area contributed by atoms with Crippen molar-refractivity contribution in [1.82, 2.24) is 4.90 Å². The van der Waals surface area contributed by atoms with Gasteiger partial charge in [-0.3, -0.25) is 10.2 Å². The maximum atomic E-state index is 15.4. The Balaban J connectivity index is 1.95. The van der Waals surface area contributed by atoms with Crippen LogP contribution in [0.1, 0.15) is 68.6 Å². The molecule has 190 valence electrons. The summed E-state index contributed by atoms with van der Waals surface area (Å²) in [5.41, 5.74) is 2.68. The van der Waals surface area contributed by atoms with Gasteiger partial charge in [-0.25, -0.2) is 4.39 Å². The Hall–Kier alpha value is -3.29. The molecule has 2 N–H and O–H groups in total. The van der Waals surface area contributed by atoms with Crippen molar-refractivity contribution in [2.45, 2.75) is 53.5 Å². The zero-order valence-corrected chi connectivity index (χ0v) is 21.7. The molecule has 0 radical (unpaired) electrons. The van der Waals surface area contributed by atoms with Crippen LogP contribution in [-0.4, -0.2) is 49.9 Å². The molecule has 2 aromatic rings. The fourth-order valence-electron chi connectivity index (χ4n) is 4.31. The third kappa shape index (κ3) is 5.21. The lowest BCUT2D eigenvalue weighted by Crippen LogP contribution is -2.30. The summed E-state index contributed by atoms with van der Waals surface area (Å²) in [4.78, 5) is 15.0. The van der Waals surface area contributed by atoms with Gasteiger partial charge in [-0.1, -0.05) is 20.8 Å². The van der Waals surface area contributed by atoms with Crippen molar-refractivity contribution in [3.8, 4) is 17.2 Å². The van der Waals surface area contributed by atoms with Crippen LogP contribution in [0.4, 0.5) is 10.1 Å². The minimum atomic E-state index is -0.623. The van der Waals surface area contributed by atoms with Crippen LogP contribution in [-0.2, 0) is 12.0 Å². The average Bonchev–Trinajstić information content (AvgIpc) is 3.10. The van der Waals surface area contributed by atoms with E-state index in [1.165, 1.54) is 0 Å². The zero-order chi connectivity index (χ0) is 25.9. The summed E-state index contributed by atoms with van der Waals surface area (Å²) in [6, 6.07) is 5.35. The van der Waals surface area contributed by atoms with E-state index < -0.39 is 5.82 Å². The number of ketones is 1. The number of anilines is 1. The van der Waals surface area contributed by atoms with Gasteiger partial charge < -0.3 is 24.4 Å². The molecule has 3 rings (SSSR count). The van der Waals surface area contributed by atoms with Gasteiger partial charge >= 0.3 is 0 Å². The van der Waals surface area contributed by atoms with Gasteiger partial charge in [0.25, 0.3) is 0 Å². The fraction of sp³-hybridized carbons (Fsp3) is 0.481. The minimum absolute atomic E-state index is 0.00582. The number of hydrogen-bond acceptors (Lipinski definition) is 6. The van der Waals surface area contributed by atoms with Crippen molar-refractivity contribution in [2.75, 3.05) is 38.7 Å². The van der Waals surface area contributed by atoms with Gasteiger partial charge in [0.15, 0.2) is 23.1 Å². The van der Waals surface area contributed by atoms with E-state index in [1.807, 2.05) is 19.9 Å². The molecular weight excluding hydrogens is 449 g/mol. The molecule has 0 unspecified atom stereocenters. The Labute approximate surface area is 207 Å². The average molecular weight is 486 g/mol. The fourth-order valence-corrected chi connectivity index (χ4v) is 4.31. The normalized spacial score (nSPS) is 13.0. The molecule has 0 amide bonds. The first-order valence-electron chi connectivity index (χ1n) is 12.0. The first kappa shape index (κ1) is 26.3. The quantitative estimate of drug-likeness (QED) is 0.439. The van der Waals surface area contributed by atoms with E-state index in [0.717, 1.165) is 11.3 Å². The molecule has 1 heterocycles. The number of hydrogen-bond donors (Lipinski definition) is 2. The number of benzene rings is 2. The van der Waals surface area contributed by atoms with E-state index in [0.29, 0.717) is 35.8 Å². The number of Topliss-reactive ketones (excluding diaryl/α,β-unsaturated/α-hetero) is 1. The Morgan fingerprint density at radius 3 is 2.37 bits per heavy atom. The largest absolute Gasteiger partial charge is 0.494 e. The molecule has 0 saturated heterocycles. The molecular formula is C27H36FN3O4. The summed E-state index contributed by atoms with van der Waals surface area (Å²) in [6.45, 7) is 13.3. The molecule has 0 atom stereocenters. The van der Waals surface area contributed by atoms with Gasteiger partial charge in [-0.15, -0.1) is 0 Å². The Bertz CT molecular complexity index is 1120. The molecule has 1 aliphatic heterocycles. The molecule has 2 aromatic carbocycles. The highest BCUT2D eigenvalue weighted by molar-refractivity contribution is 6.06. The zero-order valence-electron chi connectivity index (χ0n) is 21.7. The van der Waals surface area contributed by atoms with Gasteiger partial charge in [0.1, 0.15) is 11.6 Å². The third-order valence-corrected chi connectivity index (χ3v) is 5.90. The summed E-state index contributed by atoms with van der Waals surface area (Å²) in [7, 11) is 1.62. The summed E-state index contributed by atoms with van der Waals surface area (Å²) in [6.07, 6.45) is 0. The molecule has 0 saturated carbocycles. The number of carbonyl (C=O) groups excluding carboxylic acids is 1. The summed E-state index contributed by atoms with van der Waals surface area (Å²) in [5.74, 6) is 0.211. The maximum absolute atomic E-state index is 15.4. The van der Waals surface area contributed by atoms with E-state index in [4.69, 9.17) is 19.6 Å². The smallest absolute Gasteiger partial charge is 0.197 e. The highest BCUT2D eigenvalue weighted by Gasteiger charge is 2.33. The number of nitrogens with one attached hydrogen (secondary N) is 2. The number of carbonyl (C=O) groups is 1. The maximum Gasteiger partial charge on any atom is 0.197 e. The molecule has 8 heteroatoms. The Morgan fingerprint density at radius 1 is 1.11 bits per heavy atom. The summed E-state index contributed by atoms with van der Waals surface area (Å²) >= 11 is 0. The number of methoxy groups -OCH3 is 1. The molecule has 1 aliphatic rings. The molecule has 0 bridgehead atoms. The van der Waals surface area contributed by atoms with Crippen molar-refractivity contribution in [2.24, 2.45) is 0 Å². The predicted molar refractivity (Wildman–Crippen MR) is 136 cm³/mol. The number of ether oxygens (including phenoxy) is 3. The molecule has 0 aromatic heterocycles. The number of fused-ring (bicyclic) bond motifs is 1. The van der Waals surface area contributed by atoms with Crippen LogP contribution in [0, 0.1) is 11.2 Å². The first-order chi connectivity index (χ1) is 16.6. The molecule has 35 heavy (non-hydrogen) atoms. The molecule has 0 fully saturated rings. The lowest BCUT2D eigenvalue weighted by Gasteiger charge is -2.26. The van der Waals surface area contributed by atoms with Gasteiger partial charge in [-0.05, 0) is 49.9 Å². The monoisotopic (exact) mass is 485 g/mol. The highest BCUT2D eigenvalue weighted by atomic mass is 19.1. The SMILES string of the molecule is CCNc1cc(C(=O)CN2Cc3cc(OCC)c(OCC)c(F)c3C2=N)cc(C(C)(C)C)c1OC. The van der Waals surface area contributed by atoms with Gasteiger partial charge in [0.05, 0.1) is 38.1 Å².